The van der Waals surface area contributed by atoms with E-state index in [-0.39, 0.29) is 11.8 Å². The van der Waals surface area contributed by atoms with Gasteiger partial charge in [-0.1, -0.05) is 35.7 Å². The fourth-order valence-electron chi connectivity index (χ4n) is 2.88. The van der Waals surface area contributed by atoms with Gasteiger partial charge in [0, 0.05) is 5.02 Å². The minimum atomic E-state index is -0.230. The summed E-state index contributed by atoms with van der Waals surface area (Å²) in [5.74, 6) is 3.11. The third kappa shape index (κ3) is 2.28. The number of hydrogen-bond donors (Lipinski definition) is 2. The highest BCUT2D eigenvalue weighted by molar-refractivity contribution is 7.13. The number of nitrogens with zero attached hydrogens (tertiary/aromatic N) is 1. The van der Waals surface area contributed by atoms with Crippen molar-refractivity contribution >= 4 is 22.9 Å². The molecule has 1 aliphatic rings. The zero-order valence-electron chi connectivity index (χ0n) is 12.4. The molecule has 1 unspecified atom stereocenters. The van der Waals surface area contributed by atoms with Crippen molar-refractivity contribution in [2.45, 2.75) is 5.92 Å². The number of H-pyrrole nitrogens is 1. The van der Waals surface area contributed by atoms with E-state index in [4.69, 9.17) is 28.5 Å². The van der Waals surface area contributed by atoms with Crippen LogP contribution in [0.25, 0.3) is 10.6 Å². The minimum Gasteiger partial charge on any atom is -0.420 e. The Morgan fingerprint density at radius 1 is 1.29 bits per heavy atom. The first kappa shape index (κ1) is 14.9. The van der Waals surface area contributed by atoms with E-state index in [0.29, 0.717) is 16.5 Å². The highest BCUT2D eigenvalue weighted by atomic mass is 35.5. The topological polar surface area (TPSA) is 63.9 Å². The molecule has 4 rings (SSSR count). The summed E-state index contributed by atoms with van der Waals surface area (Å²) in [6.07, 6.45) is 5.72. The average Bonchev–Trinajstić information content (AvgIpc) is 3.23. The van der Waals surface area contributed by atoms with Crippen LogP contribution in [0.15, 0.2) is 53.2 Å². The zero-order chi connectivity index (χ0) is 16.7. The molecule has 0 saturated carbocycles. The second-order valence-corrected chi connectivity index (χ2v) is 6.69. The van der Waals surface area contributed by atoms with E-state index in [1.54, 1.807) is 11.3 Å². The van der Waals surface area contributed by atoms with Crippen molar-refractivity contribution in [2.24, 2.45) is 5.73 Å². The van der Waals surface area contributed by atoms with Crippen molar-refractivity contribution < 1.29 is 4.74 Å². The molecule has 1 aliphatic heterocycles. The first-order chi connectivity index (χ1) is 11.7. The van der Waals surface area contributed by atoms with E-state index < -0.39 is 0 Å². The molecule has 4 nitrogen and oxygen atoms in total. The summed E-state index contributed by atoms with van der Waals surface area (Å²) in [7, 11) is 0. The summed E-state index contributed by atoms with van der Waals surface area (Å²) in [4.78, 5) is 1.06. The maximum atomic E-state index is 6.03. The number of terminal acetylenes is 1. The highest BCUT2D eigenvalue weighted by Crippen LogP contribution is 2.46. The number of ether oxygens (including phenoxy) is 1. The van der Waals surface area contributed by atoms with Crippen molar-refractivity contribution in [3.05, 3.63) is 69.4 Å². The molecule has 0 spiro atoms. The highest BCUT2D eigenvalue weighted by Gasteiger charge is 2.34. The van der Waals surface area contributed by atoms with Gasteiger partial charge in [-0.15, -0.1) is 22.9 Å². The SMILES string of the molecule is C#CC1=C(N)Oc2n[nH]c(-c3cccs3)c2C1c1ccc(Cl)cc1. The van der Waals surface area contributed by atoms with Crippen LogP contribution in [0.2, 0.25) is 5.02 Å². The van der Waals surface area contributed by atoms with Crippen LogP contribution in [0.3, 0.4) is 0 Å². The van der Waals surface area contributed by atoms with Crippen LogP contribution in [0.5, 0.6) is 5.88 Å². The Hall–Kier alpha value is -2.68. The molecular weight excluding hydrogens is 342 g/mol. The molecule has 3 heterocycles. The predicted octanol–water partition coefficient (Wildman–Crippen LogP) is 4.12. The fraction of sp³-hybridized carbons (Fsp3) is 0.0556. The Balaban J connectivity index is 1.95. The van der Waals surface area contributed by atoms with E-state index in [1.165, 1.54) is 0 Å². The molecule has 0 amide bonds. The van der Waals surface area contributed by atoms with Gasteiger partial charge in [-0.3, -0.25) is 5.10 Å². The van der Waals surface area contributed by atoms with Gasteiger partial charge in [0.1, 0.15) is 0 Å². The number of fused-ring (bicyclic) bond motifs is 1. The predicted molar refractivity (Wildman–Crippen MR) is 95.9 cm³/mol. The lowest BCUT2D eigenvalue weighted by Crippen LogP contribution is -2.20. The number of hydrogen-bond acceptors (Lipinski definition) is 4. The summed E-state index contributed by atoms with van der Waals surface area (Å²) in [6, 6.07) is 11.6. The third-order valence-corrected chi connectivity index (χ3v) is 5.08. The molecule has 6 heteroatoms. The quantitative estimate of drug-likeness (QED) is 0.681. The number of thiophene rings is 1. The van der Waals surface area contributed by atoms with Crippen molar-refractivity contribution in [1.82, 2.24) is 10.2 Å². The van der Waals surface area contributed by atoms with Crippen LogP contribution in [0.4, 0.5) is 0 Å². The Labute approximate surface area is 147 Å². The number of rotatable bonds is 2. The van der Waals surface area contributed by atoms with Crippen LogP contribution in [0, 0.1) is 12.3 Å². The molecule has 24 heavy (non-hydrogen) atoms. The molecule has 0 saturated heterocycles. The van der Waals surface area contributed by atoms with E-state index in [9.17, 15) is 0 Å². The van der Waals surface area contributed by atoms with Gasteiger partial charge in [-0.05, 0) is 29.1 Å². The second kappa shape index (κ2) is 5.75. The number of nitrogens with one attached hydrogen (secondary N) is 1. The summed E-state index contributed by atoms with van der Waals surface area (Å²) < 4.78 is 5.64. The summed E-state index contributed by atoms with van der Waals surface area (Å²) >= 11 is 7.64. The van der Waals surface area contributed by atoms with Crippen LogP contribution in [0.1, 0.15) is 17.0 Å². The molecular formula is C18H12ClN3OS. The molecule has 0 aliphatic carbocycles. The summed E-state index contributed by atoms with van der Waals surface area (Å²) in [6.45, 7) is 0. The summed E-state index contributed by atoms with van der Waals surface area (Å²) in [5, 5.41) is 10.0. The molecule has 0 radical (unpaired) electrons. The smallest absolute Gasteiger partial charge is 0.244 e. The van der Waals surface area contributed by atoms with Gasteiger partial charge >= 0.3 is 0 Å². The molecule has 118 valence electrons. The Kier molecular flexibility index (Phi) is 3.57. The number of nitrogens with two attached hydrogens (primary N) is 1. The van der Waals surface area contributed by atoms with Gasteiger partial charge < -0.3 is 10.5 Å². The van der Waals surface area contributed by atoms with Crippen LogP contribution in [-0.4, -0.2) is 10.2 Å². The van der Waals surface area contributed by atoms with E-state index in [2.05, 4.69) is 16.1 Å². The van der Waals surface area contributed by atoms with Crippen LogP contribution in [-0.2, 0) is 0 Å². The van der Waals surface area contributed by atoms with Crippen molar-refractivity contribution in [2.75, 3.05) is 0 Å². The first-order valence-electron chi connectivity index (χ1n) is 7.20. The molecule has 2 aromatic heterocycles. The maximum absolute atomic E-state index is 6.03. The lowest BCUT2D eigenvalue weighted by Gasteiger charge is -2.24. The van der Waals surface area contributed by atoms with Gasteiger partial charge in [0.05, 0.1) is 27.6 Å². The molecule has 3 aromatic rings. The van der Waals surface area contributed by atoms with Crippen LogP contribution < -0.4 is 10.5 Å². The average molecular weight is 354 g/mol. The van der Waals surface area contributed by atoms with Crippen LogP contribution >= 0.6 is 22.9 Å². The fourth-order valence-corrected chi connectivity index (χ4v) is 3.74. The summed E-state index contributed by atoms with van der Waals surface area (Å²) in [5.41, 5.74) is 9.38. The number of benzene rings is 1. The van der Waals surface area contributed by atoms with Gasteiger partial charge in [0.15, 0.2) is 0 Å². The van der Waals surface area contributed by atoms with Gasteiger partial charge in [0.25, 0.3) is 0 Å². The van der Waals surface area contributed by atoms with E-state index in [0.717, 1.165) is 21.7 Å². The number of allylic oxidation sites excluding steroid dienone is 1. The second-order valence-electron chi connectivity index (χ2n) is 5.30. The third-order valence-electron chi connectivity index (χ3n) is 3.94. The van der Waals surface area contributed by atoms with E-state index in [1.807, 2.05) is 41.8 Å². The van der Waals surface area contributed by atoms with Gasteiger partial charge in [0.2, 0.25) is 11.8 Å². The molecule has 3 N–H and O–H groups in total. The van der Waals surface area contributed by atoms with Gasteiger partial charge in [-0.25, -0.2) is 0 Å². The van der Waals surface area contributed by atoms with Gasteiger partial charge in [-0.2, -0.15) is 0 Å². The molecule has 1 atom stereocenters. The van der Waals surface area contributed by atoms with Crippen molar-refractivity contribution in [3.63, 3.8) is 0 Å². The Bertz CT molecular complexity index is 965. The Morgan fingerprint density at radius 3 is 2.75 bits per heavy atom. The number of aromatic nitrogens is 2. The lowest BCUT2D eigenvalue weighted by atomic mass is 9.83. The monoisotopic (exact) mass is 353 g/mol. The standard InChI is InChI=1S/C18H12ClN3OS/c1-2-12-14(10-5-7-11(19)8-6-10)15-16(13-4-3-9-24-13)21-22-18(15)23-17(12)20/h1,3-9,14H,20H2,(H,21,22). The molecule has 1 aromatic carbocycles. The number of aromatic amines is 1. The van der Waals surface area contributed by atoms with Crippen molar-refractivity contribution in [1.29, 1.82) is 0 Å². The maximum Gasteiger partial charge on any atom is 0.244 e. The first-order valence-corrected chi connectivity index (χ1v) is 8.46. The largest absolute Gasteiger partial charge is 0.420 e. The lowest BCUT2D eigenvalue weighted by molar-refractivity contribution is 0.379. The molecule has 0 bridgehead atoms. The van der Waals surface area contributed by atoms with Crippen molar-refractivity contribution in [3.8, 4) is 28.8 Å². The normalized spacial score (nSPS) is 16.4. The Morgan fingerprint density at radius 2 is 2.08 bits per heavy atom. The van der Waals surface area contributed by atoms with E-state index >= 15 is 0 Å². The minimum absolute atomic E-state index is 0.203. The zero-order valence-corrected chi connectivity index (χ0v) is 14.0. The number of halogens is 1. The molecule has 0 fully saturated rings.